The molecule has 1 amide bonds. The van der Waals surface area contributed by atoms with Crippen LogP contribution in [0.5, 0.6) is 0 Å². The zero-order valence-electron chi connectivity index (χ0n) is 11.4. The number of carboxylic acids is 1. The molecule has 0 spiro atoms. The Morgan fingerprint density at radius 2 is 2.24 bits per heavy atom. The number of aliphatic carboxylic acids is 1. The average molecular weight is 302 g/mol. The molecule has 0 fully saturated rings. The Kier molecular flexibility index (Phi) is 4.84. The van der Waals surface area contributed by atoms with Crippen molar-refractivity contribution in [1.29, 1.82) is 0 Å². The quantitative estimate of drug-likeness (QED) is 0.832. The molecule has 2 rings (SSSR count). The van der Waals surface area contributed by atoms with E-state index in [0.717, 1.165) is 17.2 Å². The molecule has 0 radical (unpaired) electrons. The van der Waals surface area contributed by atoms with Crippen LogP contribution in [0.2, 0.25) is 0 Å². The lowest BCUT2D eigenvalue weighted by Crippen LogP contribution is -2.14. The van der Waals surface area contributed by atoms with Crippen LogP contribution in [0.4, 0.5) is 5.13 Å². The maximum atomic E-state index is 11.9. The van der Waals surface area contributed by atoms with Gasteiger partial charge in [0.1, 0.15) is 0 Å². The Morgan fingerprint density at radius 1 is 1.43 bits per heavy atom. The second-order valence-electron chi connectivity index (χ2n) is 4.45. The van der Waals surface area contributed by atoms with Gasteiger partial charge < -0.3 is 10.4 Å². The number of nitrogens with zero attached hydrogens (tertiary/aromatic N) is 1. The van der Waals surface area contributed by atoms with Gasteiger partial charge >= 0.3 is 5.97 Å². The van der Waals surface area contributed by atoms with Gasteiger partial charge in [-0.25, -0.2) is 9.78 Å². The molecule has 1 aromatic carbocycles. The first-order valence-electron chi connectivity index (χ1n) is 6.25. The van der Waals surface area contributed by atoms with E-state index in [2.05, 4.69) is 10.3 Å². The van der Waals surface area contributed by atoms with Crippen LogP contribution in [-0.4, -0.2) is 22.0 Å². The molecule has 6 heteroatoms. The molecule has 0 bridgehead atoms. The van der Waals surface area contributed by atoms with Crippen molar-refractivity contribution in [3.05, 3.63) is 52.5 Å². The number of aromatic nitrogens is 1. The summed E-state index contributed by atoms with van der Waals surface area (Å²) in [6, 6.07) is 7.75. The summed E-state index contributed by atoms with van der Waals surface area (Å²) in [5.74, 6) is -1.17. The Labute approximate surface area is 126 Å². The Balaban J connectivity index is 1.95. The molecule has 1 heterocycles. The van der Waals surface area contributed by atoms with Gasteiger partial charge in [0.2, 0.25) is 5.91 Å². The number of rotatable bonds is 5. The lowest BCUT2D eigenvalue weighted by atomic mass is 10.1. The van der Waals surface area contributed by atoms with E-state index in [4.69, 9.17) is 5.11 Å². The van der Waals surface area contributed by atoms with Crippen LogP contribution in [0.1, 0.15) is 16.0 Å². The zero-order valence-corrected chi connectivity index (χ0v) is 12.2. The molecule has 0 aliphatic heterocycles. The molecule has 21 heavy (non-hydrogen) atoms. The first kappa shape index (κ1) is 14.9. The molecule has 2 aromatic rings. The summed E-state index contributed by atoms with van der Waals surface area (Å²) in [5.41, 5.74) is 2.05. The third kappa shape index (κ3) is 4.85. The fraction of sp³-hybridized carbons (Fsp3) is 0.133. The fourth-order valence-electron chi connectivity index (χ4n) is 1.75. The van der Waals surface area contributed by atoms with Crippen molar-refractivity contribution < 1.29 is 14.7 Å². The predicted octanol–water partition coefficient (Wildman–Crippen LogP) is 2.73. The van der Waals surface area contributed by atoms with Gasteiger partial charge in [0.15, 0.2) is 5.13 Å². The molecule has 2 N–H and O–H groups in total. The molecule has 5 nitrogen and oxygen atoms in total. The fourth-order valence-corrected chi connectivity index (χ4v) is 2.48. The van der Waals surface area contributed by atoms with Gasteiger partial charge in [0.05, 0.1) is 6.42 Å². The summed E-state index contributed by atoms with van der Waals surface area (Å²) >= 11 is 1.22. The van der Waals surface area contributed by atoms with Crippen molar-refractivity contribution in [2.75, 3.05) is 5.32 Å². The number of amides is 1. The molecule has 0 aliphatic rings. The molecule has 0 aliphatic carbocycles. The van der Waals surface area contributed by atoms with Crippen molar-refractivity contribution in [3.63, 3.8) is 0 Å². The van der Waals surface area contributed by atoms with E-state index in [1.807, 2.05) is 31.2 Å². The highest BCUT2D eigenvalue weighted by atomic mass is 32.1. The highest BCUT2D eigenvalue weighted by Gasteiger charge is 2.07. The van der Waals surface area contributed by atoms with Crippen LogP contribution in [-0.2, 0) is 16.0 Å². The number of benzene rings is 1. The van der Waals surface area contributed by atoms with Gasteiger partial charge in [0.25, 0.3) is 0 Å². The third-order valence-corrected chi connectivity index (χ3v) is 3.49. The van der Waals surface area contributed by atoms with Crippen molar-refractivity contribution in [1.82, 2.24) is 4.98 Å². The number of thiazole rings is 1. The minimum Gasteiger partial charge on any atom is -0.478 e. The molecule has 0 atom stereocenters. The Bertz CT molecular complexity index is 692. The maximum Gasteiger partial charge on any atom is 0.328 e. The van der Waals surface area contributed by atoms with Crippen LogP contribution in [0.25, 0.3) is 6.08 Å². The number of nitrogens with one attached hydrogen (secondary N) is 1. The van der Waals surface area contributed by atoms with E-state index in [9.17, 15) is 9.59 Å². The van der Waals surface area contributed by atoms with E-state index in [1.54, 1.807) is 0 Å². The molecule has 0 saturated carbocycles. The largest absolute Gasteiger partial charge is 0.478 e. The Hall–Kier alpha value is -2.47. The van der Waals surface area contributed by atoms with Crippen molar-refractivity contribution in [2.45, 2.75) is 13.3 Å². The van der Waals surface area contributed by atoms with Crippen molar-refractivity contribution in [2.24, 2.45) is 0 Å². The second kappa shape index (κ2) is 6.81. The number of anilines is 1. The summed E-state index contributed by atoms with van der Waals surface area (Å²) in [6.07, 6.45) is 4.27. The zero-order chi connectivity index (χ0) is 15.2. The lowest BCUT2D eigenvalue weighted by molar-refractivity contribution is -0.131. The number of hydrogen-bond donors (Lipinski definition) is 2. The monoisotopic (exact) mass is 302 g/mol. The topological polar surface area (TPSA) is 79.3 Å². The van der Waals surface area contributed by atoms with Gasteiger partial charge in [0, 0.05) is 17.2 Å². The number of hydrogen-bond acceptors (Lipinski definition) is 4. The first-order chi connectivity index (χ1) is 10.0. The van der Waals surface area contributed by atoms with E-state index in [0.29, 0.717) is 10.0 Å². The third-order valence-electron chi connectivity index (χ3n) is 2.61. The van der Waals surface area contributed by atoms with E-state index < -0.39 is 5.97 Å². The van der Waals surface area contributed by atoms with Crippen LogP contribution in [0, 0.1) is 6.92 Å². The second-order valence-corrected chi connectivity index (χ2v) is 5.52. The minimum absolute atomic E-state index is 0.149. The average Bonchev–Trinajstić information content (AvgIpc) is 2.83. The van der Waals surface area contributed by atoms with E-state index >= 15 is 0 Å². The summed E-state index contributed by atoms with van der Waals surface area (Å²) in [7, 11) is 0. The highest BCUT2D eigenvalue weighted by Crippen LogP contribution is 2.19. The van der Waals surface area contributed by atoms with E-state index in [1.165, 1.54) is 23.6 Å². The summed E-state index contributed by atoms with van der Waals surface area (Å²) < 4.78 is 0. The molecule has 0 saturated heterocycles. The minimum atomic E-state index is -1.02. The van der Waals surface area contributed by atoms with E-state index in [-0.39, 0.29) is 12.3 Å². The Morgan fingerprint density at radius 3 is 2.95 bits per heavy atom. The molecule has 108 valence electrons. The predicted molar refractivity (Wildman–Crippen MR) is 82.3 cm³/mol. The van der Waals surface area contributed by atoms with Gasteiger partial charge in [-0.05, 0) is 18.6 Å². The molecular weight excluding hydrogens is 288 g/mol. The van der Waals surface area contributed by atoms with Crippen LogP contribution in [0.15, 0.2) is 36.5 Å². The smallest absolute Gasteiger partial charge is 0.328 e. The standard InChI is InChI=1S/C15H14N2O3S/c1-10-3-2-4-11(7-10)8-13(18)17-15-16-9-12(21-15)5-6-14(19)20/h2-7,9H,8H2,1H3,(H,19,20)(H,16,17,18). The lowest BCUT2D eigenvalue weighted by Gasteiger charge is -2.02. The van der Waals surface area contributed by atoms with Gasteiger partial charge in [-0.15, -0.1) is 0 Å². The van der Waals surface area contributed by atoms with Gasteiger partial charge in [-0.2, -0.15) is 0 Å². The molecule has 1 aromatic heterocycles. The molecular formula is C15H14N2O3S. The van der Waals surface area contributed by atoms with Gasteiger partial charge in [-0.1, -0.05) is 41.2 Å². The summed E-state index contributed by atoms with van der Waals surface area (Å²) in [4.78, 5) is 27.0. The summed E-state index contributed by atoms with van der Waals surface area (Å²) in [6.45, 7) is 1.98. The normalized spacial score (nSPS) is 10.7. The summed E-state index contributed by atoms with van der Waals surface area (Å²) in [5, 5.41) is 11.7. The van der Waals surface area contributed by atoms with Crippen LogP contribution in [0.3, 0.4) is 0 Å². The number of carboxylic acid groups (broad SMARTS) is 1. The molecule has 0 unspecified atom stereocenters. The van der Waals surface area contributed by atoms with Crippen LogP contribution < -0.4 is 5.32 Å². The SMILES string of the molecule is Cc1cccc(CC(=O)Nc2ncc(C=CC(=O)O)s2)c1. The van der Waals surface area contributed by atoms with Gasteiger partial charge in [-0.3, -0.25) is 4.79 Å². The number of aryl methyl sites for hydroxylation is 1. The number of carbonyl (C=O) groups is 2. The first-order valence-corrected chi connectivity index (χ1v) is 7.07. The van der Waals surface area contributed by atoms with Crippen LogP contribution >= 0.6 is 11.3 Å². The highest BCUT2D eigenvalue weighted by molar-refractivity contribution is 7.16. The number of carbonyl (C=O) groups excluding carboxylic acids is 1. The van der Waals surface area contributed by atoms with Crippen molar-refractivity contribution >= 4 is 34.4 Å². The van der Waals surface area contributed by atoms with Crippen molar-refractivity contribution in [3.8, 4) is 0 Å². The maximum absolute atomic E-state index is 11.9.